The monoisotopic (exact) mass is 484 g/mol. The van der Waals surface area contributed by atoms with Crippen LogP contribution in [0.4, 0.5) is 0 Å². The molecule has 7 nitrogen and oxygen atoms in total. The maximum atomic E-state index is 13.2. The van der Waals surface area contributed by atoms with Gasteiger partial charge < -0.3 is 4.90 Å². The molecule has 0 bridgehead atoms. The van der Waals surface area contributed by atoms with Crippen LogP contribution < -0.4 is 0 Å². The molecular formula is C21H25ClN2O5S2. The Labute approximate surface area is 188 Å². The van der Waals surface area contributed by atoms with Crippen LogP contribution in [0.25, 0.3) is 0 Å². The Morgan fingerprint density at radius 3 is 2.42 bits per heavy atom. The number of hydrogen-bond acceptors (Lipinski definition) is 5. The van der Waals surface area contributed by atoms with Gasteiger partial charge in [0.2, 0.25) is 10.0 Å². The number of benzene rings is 2. The van der Waals surface area contributed by atoms with Gasteiger partial charge in [0.05, 0.1) is 27.0 Å². The van der Waals surface area contributed by atoms with Crippen molar-refractivity contribution in [3.63, 3.8) is 0 Å². The number of nitrogens with zero attached hydrogens (tertiary/aromatic N) is 2. The molecular weight excluding hydrogens is 460 g/mol. The van der Waals surface area contributed by atoms with E-state index in [1.807, 2.05) is 30.3 Å². The van der Waals surface area contributed by atoms with Crippen LogP contribution in [-0.4, -0.2) is 63.1 Å². The Morgan fingerprint density at radius 2 is 1.84 bits per heavy atom. The lowest BCUT2D eigenvalue weighted by Gasteiger charge is -2.27. The third kappa shape index (κ3) is 5.28. The molecule has 1 saturated heterocycles. The normalized spacial score (nSPS) is 18.3. The molecule has 1 aliphatic heterocycles. The molecule has 1 fully saturated rings. The third-order valence-electron chi connectivity index (χ3n) is 5.38. The second-order valence-electron chi connectivity index (χ2n) is 7.54. The first kappa shape index (κ1) is 23.7. The molecule has 3 rings (SSSR count). The molecule has 1 aliphatic rings. The predicted molar refractivity (Wildman–Crippen MR) is 120 cm³/mol. The minimum absolute atomic E-state index is 0.0356. The van der Waals surface area contributed by atoms with Gasteiger partial charge in [-0.15, -0.1) is 0 Å². The Bertz CT molecular complexity index is 1170. The number of hydrogen-bond donors (Lipinski definition) is 0. The first-order valence-corrected chi connectivity index (χ1v) is 13.5. The summed E-state index contributed by atoms with van der Waals surface area (Å²) in [6.07, 6.45) is 0.358. The van der Waals surface area contributed by atoms with Crippen LogP contribution in [0.15, 0.2) is 53.4 Å². The number of amides is 1. The number of halogens is 1. The van der Waals surface area contributed by atoms with Crippen molar-refractivity contribution in [3.8, 4) is 0 Å². The van der Waals surface area contributed by atoms with Crippen LogP contribution in [-0.2, 0) is 26.4 Å². The number of sulfonamides is 1. The van der Waals surface area contributed by atoms with Crippen molar-refractivity contribution in [2.45, 2.75) is 30.8 Å². The van der Waals surface area contributed by atoms with E-state index >= 15 is 0 Å². The maximum Gasteiger partial charge on any atom is 0.255 e. The Balaban J connectivity index is 1.89. The van der Waals surface area contributed by atoms with Gasteiger partial charge in [-0.1, -0.05) is 41.9 Å². The lowest BCUT2D eigenvalue weighted by Crippen LogP contribution is -2.41. The summed E-state index contributed by atoms with van der Waals surface area (Å²) in [5.74, 6) is -0.534. The molecule has 0 saturated carbocycles. The smallest absolute Gasteiger partial charge is 0.255 e. The van der Waals surface area contributed by atoms with E-state index in [0.717, 1.165) is 5.56 Å². The van der Waals surface area contributed by atoms with E-state index in [9.17, 15) is 21.6 Å². The van der Waals surface area contributed by atoms with Crippen molar-refractivity contribution in [1.29, 1.82) is 0 Å². The van der Waals surface area contributed by atoms with Gasteiger partial charge in [-0.05, 0) is 37.1 Å². The summed E-state index contributed by atoms with van der Waals surface area (Å²) >= 11 is 6.24. The number of rotatable bonds is 7. The fraction of sp³-hybridized carbons (Fsp3) is 0.381. The average Bonchev–Trinajstić information content (AvgIpc) is 3.08. The van der Waals surface area contributed by atoms with E-state index in [4.69, 9.17) is 11.6 Å². The second kappa shape index (κ2) is 9.28. The van der Waals surface area contributed by atoms with Gasteiger partial charge in [-0.25, -0.2) is 16.8 Å². The zero-order valence-electron chi connectivity index (χ0n) is 17.4. The van der Waals surface area contributed by atoms with Gasteiger partial charge in [-0.2, -0.15) is 4.31 Å². The van der Waals surface area contributed by atoms with Crippen LogP contribution in [0.3, 0.4) is 0 Å². The summed E-state index contributed by atoms with van der Waals surface area (Å²) in [4.78, 5) is 14.6. The first-order chi connectivity index (χ1) is 14.5. The molecule has 168 valence electrons. The van der Waals surface area contributed by atoms with Crippen LogP contribution in [0, 0.1) is 0 Å². The Hall–Kier alpha value is -1.94. The molecule has 1 heterocycles. The maximum absolute atomic E-state index is 13.2. The van der Waals surface area contributed by atoms with Crippen LogP contribution in [0.2, 0.25) is 5.02 Å². The zero-order chi connectivity index (χ0) is 22.8. The zero-order valence-corrected chi connectivity index (χ0v) is 19.8. The predicted octanol–water partition coefficient (Wildman–Crippen LogP) is 2.81. The van der Waals surface area contributed by atoms with Crippen molar-refractivity contribution in [3.05, 3.63) is 64.7 Å². The molecule has 0 radical (unpaired) electrons. The van der Waals surface area contributed by atoms with Crippen molar-refractivity contribution >= 4 is 37.4 Å². The van der Waals surface area contributed by atoms with Gasteiger partial charge in [0.25, 0.3) is 5.91 Å². The van der Waals surface area contributed by atoms with E-state index in [0.29, 0.717) is 13.0 Å². The van der Waals surface area contributed by atoms with E-state index in [-0.39, 0.29) is 33.5 Å². The van der Waals surface area contributed by atoms with E-state index in [1.54, 1.807) is 6.92 Å². The molecule has 2 aromatic carbocycles. The molecule has 0 spiro atoms. The van der Waals surface area contributed by atoms with Gasteiger partial charge in [-0.3, -0.25) is 4.79 Å². The van der Waals surface area contributed by atoms with Crippen molar-refractivity contribution < 1.29 is 21.6 Å². The number of carbonyl (C=O) groups excluding carboxylic acids is 1. The van der Waals surface area contributed by atoms with Gasteiger partial charge in [0.1, 0.15) is 0 Å². The lowest BCUT2D eigenvalue weighted by atomic mass is 10.1. The van der Waals surface area contributed by atoms with Gasteiger partial charge in [0, 0.05) is 26.2 Å². The van der Waals surface area contributed by atoms with Gasteiger partial charge >= 0.3 is 0 Å². The first-order valence-electron chi connectivity index (χ1n) is 9.86. The summed E-state index contributed by atoms with van der Waals surface area (Å²) in [6, 6.07) is 12.8. The summed E-state index contributed by atoms with van der Waals surface area (Å²) in [7, 11) is -5.58. The summed E-state index contributed by atoms with van der Waals surface area (Å²) in [6.45, 7) is 2.22. The van der Waals surface area contributed by atoms with Crippen molar-refractivity contribution in [1.82, 2.24) is 9.21 Å². The van der Waals surface area contributed by atoms with Crippen LogP contribution in [0.5, 0.6) is 0 Å². The third-order valence-corrected chi connectivity index (χ3v) is 9.25. The molecule has 10 heteroatoms. The Morgan fingerprint density at radius 1 is 1.16 bits per heavy atom. The molecule has 0 N–H and O–H groups in total. The fourth-order valence-electron chi connectivity index (χ4n) is 3.68. The largest absolute Gasteiger partial charge is 0.335 e. The standard InChI is InChI=1S/C21H25ClN2O5S2/c1-3-24(17-11-12-30(26,27)15-17)21(25)19-13-18(9-10-20(19)22)31(28,29)23(2)14-16-7-5-4-6-8-16/h4-10,13,17H,3,11-12,14-15H2,1-2H3/t17-/m0/s1. The quantitative estimate of drug-likeness (QED) is 0.602. The van der Waals surface area contributed by atoms with Gasteiger partial charge in [0.15, 0.2) is 9.84 Å². The molecule has 0 aliphatic carbocycles. The van der Waals surface area contributed by atoms with E-state index in [2.05, 4.69) is 0 Å². The highest BCUT2D eigenvalue weighted by Gasteiger charge is 2.35. The van der Waals surface area contributed by atoms with Crippen LogP contribution in [0.1, 0.15) is 29.3 Å². The minimum Gasteiger partial charge on any atom is -0.335 e. The summed E-state index contributed by atoms with van der Waals surface area (Å²) < 4.78 is 51.1. The SMILES string of the molecule is CCN(C(=O)c1cc(S(=O)(=O)N(C)Cc2ccccc2)ccc1Cl)[C@H]1CCS(=O)(=O)C1. The lowest BCUT2D eigenvalue weighted by molar-refractivity contribution is 0.0708. The molecule has 0 unspecified atom stereocenters. The second-order valence-corrected chi connectivity index (χ2v) is 12.2. The number of sulfone groups is 1. The summed E-state index contributed by atoms with van der Waals surface area (Å²) in [5, 5.41) is 0.119. The van der Waals surface area contributed by atoms with E-state index < -0.39 is 31.8 Å². The Kier molecular flexibility index (Phi) is 7.10. The minimum atomic E-state index is -3.87. The molecule has 31 heavy (non-hydrogen) atoms. The molecule has 2 aromatic rings. The van der Waals surface area contributed by atoms with E-state index in [1.165, 1.54) is 34.5 Å². The summed E-state index contributed by atoms with van der Waals surface area (Å²) in [5.41, 5.74) is 0.875. The highest BCUT2D eigenvalue weighted by Crippen LogP contribution is 2.27. The number of carbonyl (C=O) groups is 1. The van der Waals surface area contributed by atoms with Crippen molar-refractivity contribution in [2.24, 2.45) is 0 Å². The molecule has 1 amide bonds. The van der Waals surface area contributed by atoms with Crippen molar-refractivity contribution in [2.75, 3.05) is 25.1 Å². The highest BCUT2D eigenvalue weighted by molar-refractivity contribution is 7.91. The molecule has 0 aromatic heterocycles. The average molecular weight is 485 g/mol. The molecule has 1 atom stereocenters. The highest BCUT2D eigenvalue weighted by atomic mass is 35.5. The van der Waals surface area contributed by atoms with Crippen LogP contribution >= 0.6 is 11.6 Å². The topological polar surface area (TPSA) is 91.8 Å². The fourth-order valence-corrected chi connectivity index (χ4v) is 6.79.